The van der Waals surface area contributed by atoms with E-state index >= 15 is 0 Å². The van der Waals surface area contributed by atoms with Crippen LogP contribution in [0.5, 0.6) is 0 Å². The third kappa shape index (κ3) is 2.56. The van der Waals surface area contributed by atoms with Crippen LogP contribution in [0.25, 0.3) is 0 Å². The van der Waals surface area contributed by atoms with Crippen molar-refractivity contribution in [1.82, 2.24) is 9.78 Å². The van der Waals surface area contributed by atoms with Crippen LogP contribution in [0.1, 0.15) is 41.9 Å². The van der Waals surface area contributed by atoms with Gasteiger partial charge >= 0.3 is 6.18 Å². The van der Waals surface area contributed by atoms with E-state index in [1.165, 1.54) is 0 Å². The number of aromatic nitrogens is 2. The number of halogens is 8. The third-order valence-electron chi connectivity index (χ3n) is 4.43. The number of aliphatic hydroxyl groups is 1. The lowest BCUT2D eigenvalue weighted by Gasteiger charge is -2.31. The second-order valence-electron chi connectivity index (χ2n) is 6.09. The van der Waals surface area contributed by atoms with Crippen molar-refractivity contribution in [3.63, 3.8) is 0 Å². The van der Waals surface area contributed by atoms with Crippen molar-refractivity contribution in [2.45, 2.75) is 62.0 Å². The van der Waals surface area contributed by atoms with Gasteiger partial charge in [0, 0.05) is 18.4 Å². The van der Waals surface area contributed by atoms with Crippen molar-refractivity contribution < 1.29 is 40.2 Å². The predicted molar refractivity (Wildman–Crippen MR) is 63.8 cm³/mol. The van der Waals surface area contributed by atoms with E-state index in [-0.39, 0.29) is 0 Å². The molecule has 1 aromatic heterocycles. The number of aliphatic hydroxyl groups excluding tert-OH is 1. The fourth-order valence-corrected chi connectivity index (χ4v) is 3.29. The molecule has 0 spiro atoms. The molecule has 0 radical (unpaired) electrons. The molecule has 24 heavy (non-hydrogen) atoms. The Hall–Kier alpha value is -1.39. The van der Waals surface area contributed by atoms with Crippen LogP contribution >= 0.6 is 0 Å². The molecule has 0 amide bonds. The molecule has 0 aliphatic heterocycles. The zero-order chi connectivity index (χ0) is 18.0. The highest BCUT2D eigenvalue weighted by Gasteiger charge is 2.55. The highest BCUT2D eigenvalue weighted by molar-refractivity contribution is 5.38. The standard InChI is InChI=1S/C13H12F8N2O/c14-5-1-4(2-6(15)9(5)16)23-7-3-12(17,18)11(24)8(7)10(22-23)13(19,20)21/h4-6,9,11,24H,1-3H2/t4-,5+,6-,9+,11-/m0/s1. The molecule has 1 saturated carbocycles. The van der Waals surface area contributed by atoms with Gasteiger partial charge in [-0.05, 0) is 0 Å². The minimum atomic E-state index is -5.13. The highest BCUT2D eigenvalue weighted by atomic mass is 19.4. The van der Waals surface area contributed by atoms with Crippen molar-refractivity contribution in [1.29, 1.82) is 0 Å². The molecule has 0 unspecified atom stereocenters. The number of rotatable bonds is 1. The van der Waals surface area contributed by atoms with Gasteiger partial charge in [-0.1, -0.05) is 0 Å². The molecule has 0 saturated heterocycles. The van der Waals surface area contributed by atoms with Crippen LogP contribution in [0.15, 0.2) is 0 Å². The molecule has 3 nitrogen and oxygen atoms in total. The zero-order valence-corrected chi connectivity index (χ0v) is 11.9. The number of hydrogen-bond acceptors (Lipinski definition) is 2. The Morgan fingerprint density at radius 1 is 1.08 bits per heavy atom. The maximum absolute atomic E-state index is 13.6. The highest BCUT2D eigenvalue weighted by Crippen LogP contribution is 2.49. The van der Waals surface area contributed by atoms with Crippen LogP contribution in [0.2, 0.25) is 0 Å². The summed E-state index contributed by atoms with van der Waals surface area (Å²) in [6, 6.07) is -1.34. The topological polar surface area (TPSA) is 38.1 Å². The molecule has 3 rings (SSSR count). The van der Waals surface area contributed by atoms with Crippen molar-refractivity contribution in [2.75, 3.05) is 0 Å². The minimum absolute atomic E-state index is 0.479. The molecule has 2 aliphatic rings. The summed E-state index contributed by atoms with van der Waals surface area (Å²) in [4.78, 5) is 0. The van der Waals surface area contributed by atoms with Crippen LogP contribution in [0.4, 0.5) is 35.1 Å². The lowest BCUT2D eigenvalue weighted by Crippen LogP contribution is -2.38. The fourth-order valence-electron chi connectivity index (χ4n) is 3.29. The van der Waals surface area contributed by atoms with Crippen molar-refractivity contribution in [3.05, 3.63) is 17.0 Å². The fraction of sp³-hybridized carbons (Fsp3) is 0.769. The summed E-state index contributed by atoms with van der Waals surface area (Å²) in [7, 11) is 0. The number of alkyl halides is 8. The van der Waals surface area contributed by atoms with E-state index in [0.29, 0.717) is 4.68 Å². The summed E-state index contributed by atoms with van der Waals surface area (Å²) in [5, 5.41) is 12.7. The normalized spacial score (nSPS) is 36.0. The Balaban J connectivity index is 2.07. The first kappa shape index (κ1) is 17.4. The van der Waals surface area contributed by atoms with Gasteiger partial charge in [0.1, 0.15) is 18.4 Å². The zero-order valence-electron chi connectivity index (χ0n) is 11.9. The third-order valence-corrected chi connectivity index (χ3v) is 4.43. The van der Waals surface area contributed by atoms with E-state index in [9.17, 15) is 40.2 Å². The van der Waals surface area contributed by atoms with Crippen LogP contribution < -0.4 is 0 Å². The molecule has 1 fully saturated rings. The van der Waals surface area contributed by atoms with Crippen LogP contribution in [-0.4, -0.2) is 39.3 Å². The Morgan fingerprint density at radius 2 is 1.62 bits per heavy atom. The molecular formula is C13H12F8N2O. The summed E-state index contributed by atoms with van der Waals surface area (Å²) in [6.07, 6.45) is -17.4. The van der Waals surface area contributed by atoms with Crippen molar-refractivity contribution in [2.24, 2.45) is 0 Å². The minimum Gasteiger partial charge on any atom is -0.382 e. The van der Waals surface area contributed by atoms with Gasteiger partial charge < -0.3 is 5.11 Å². The summed E-state index contributed by atoms with van der Waals surface area (Å²) in [6.45, 7) is 0. The van der Waals surface area contributed by atoms with E-state index in [2.05, 4.69) is 5.10 Å². The van der Waals surface area contributed by atoms with E-state index in [0.717, 1.165) is 0 Å². The number of fused-ring (bicyclic) bond motifs is 1. The van der Waals surface area contributed by atoms with Gasteiger partial charge in [0.2, 0.25) is 0 Å². The van der Waals surface area contributed by atoms with Gasteiger partial charge in [-0.15, -0.1) is 0 Å². The lowest BCUT2D eigenvalue weighted by molar-refractivity contribution is -0.146. The predicted octanol–water partition coefficient (Wildman–Crippen LogP) is 3.48. The smallest absolute Gasteiger partial charge is 0.382 e. The first-order chi connectivity index (χ1) is 10.9. The molecular weight excluding hydrogens is 352 g/mol. The molecule has 0 aromatic carbocycles. The van der Waals surface area contributed by atoms with Gasteiger partial charge in [-0.3, -0.25) is 4.68 Å². The Kier molecular flexibility index (Phi) is 3.85. The molecule has 1 heterocycles. The van der Waals surface area contributed by atoms with E-state index in [1.807, 2.05) is 0 Å². The van der Waals surface area contributed by atoms with Gasteiger partial charge in [0.25, 0.3) is 5.92 Å². The van der Waals surface area contributed by atoms with Crippen molar-refractivity contribution >= 4 is 0 Å². The van der Waals surface area contributed by atoms with E-state index in [4.69, 9.17) is 0 Å². The Morgan fingerprint density at radius 3 is 2.12 bits per heavy atom. The monoisotopic (exact) mass is 364 g/mol. The van der Waals surface area contributed by atoms with E-state index < -0.39 is 79.0 Å². The Bertz CT molecular complexity index is 631. The Labute approximate surface area is 130 Å². The summed E-state index contributed by atoms with van der Waals surface area (Å²) in [5.74, 6) is -3.85. The average Bonchev–Trinajstić information content (AvgIpc) is 2.91. The molecule has 5 atom stereocenters. The van der Waals surface area contributed by atoms with Crippen molar-refractivity contribution in [3.8, 4) is 0 Å². The maximum Gasteiger partial charge on any atom is 0.435 e. The quantitative estimate of drug-likeness (QED) is 0.775. The molecule has 11 heteroatoms. The summed E-state index contributed by atoms with van der Waals surface area (Å²) >= 11 is 0. The van der Waals surface area contributed by atoms with Crippen LogP contribution in [0.3, 0.4) is 0 Å². The summed E-state index contributed by atoms with van der Waals surface area (Å²) in [5.41, 5.74) is -3.42. The molecule has 1 aromatic rings. The average molecular weight is 364 g/mol. The molecule has 0 bridgehead atoms. The molecule has 136 valence electrons. The van der Waals surface area contributed by atoms with Gasteiger partial charge in [-0.2, -0.15) is 18.3 Å². The molecule has 2 aliphatic carbocycles. The van der Waals surface area contributed by atoms with Gasteiger partial charge in [0.05, 0.1) is 18.2 Å². The molecule has 1 N–H and O–H groups in total. The number of nitrogens with zero attached hydrogens (tertiary/aromatic N) is 2. The van der Waals surface area contributed by atoms with Crippen LogP contribution in [-0.2, 0) is 12.6 Å². The maximum atomic E-state index is 13.6. The van der Waals surface area contributed by atoms with Crippen LogP contribution in [0, 0.1) is 0 Å². The largest absolute Gasteiger partial charge is 0.435 e. The van der Waals surface area contributed by atoms with E-state index in [1.54, 1.807) is 0 Å². The first-order valence-electron chi connectivity index (χ1n) is 7.10. The SMILES string of the molecule is O[C@H]1c2c(C(F)(F)F)nn([C@H]3C[C@@H](F)[C@@H](F)[C@@H](F)C3)c2CC1(F)F. The number of hydrogen-bond donors (Lipinski definition) is 1. The second-order valence-corrected chi connectivity index (χ2v) is 6.09. The van der Waals surface area contributed by atoms with Gasteiger partial charge in [-0.25, -0.2) is 22.0 Å². The van der Waals surface area contributed by atoms with Gasteiger partial charge in [0.15, 0.2) is 11.9 Å². The first-order valence-corrected chi connectivity index (χ1v) is 7.10. The lowest BCUT2D eigenvalue weighted by atomic mass is 9.90. The summed E-state index contributed by atoms with van der Waals surface area (Å²) < 4.78 is 107. The second kappa shape index (κ2) is 5.30.